The number of hydrogen-bond acceptors (Lipinski definition) is 6. The number of aryl methyl sites for hydroxylation is 1. The first-order valence-electron chi connectivity index (χ1n) is 10.9. The summed E-state index contributed by atoms with van der Waals surface area (Å²) in [6, 6.07) is 0. The third kappa shape index (κ3) is 4.39. The van der Waals surface area contributed by atoms with Crippen molar-refractivity contribution in [3.63, 3.8) is 0 Å². The lowest BCUT2D eigenvalue weighted by Gasteiger charge is -2.39. The topological polar surface area (TPSA) is 77.7 Å². The molecule has 1 aromatic heterocycles. The molecule has 1 amide bonds. The van der Waals surface area contributed by atoms with Gasteiger partial charge in [-0.3, -0.25) is 4.79 Å². The van der Waals surface area contributed by atoms with Gasteiger partial charge in [-0.2, -0.15) is 0 Å². The lowest BCUT2D eigenvalue weighted by Crippen LogP contribution is -2.49. The van der Waals surface area contributed by atoms with Crippen LogP contribution in [0.5, 0.6) is 0 Å². The molecule has 1 aromatic rings. The lowest BCUT2D eigenvalue weighted by atomic mass is 9.89. The molecular formula is C20H34N6O2. The summed E-state index contributed by atoms with van der Waals surface area (Å²) in [5.41, 5.74) is 0. The average molecular weight is 391 g/mol. The van der Waals surface area contributed by atoms with E-state index in [1.54, 1.807) is 0 Å². The van der Waals surface area contributed by atoms with E-state index in [2.05, 4.69) is 27.0 Å². The molecule has 0 radical (unpaired) electrons. The molecule has 28 heavy (non-hydrogen) atoms. The summed E-state index contributed by atoms with van der Waals surface area (Å²) in [4.78, 5) is 20.1. The molecule has 2 fully saturated rings. The first kappa shape index (κ1) is 19.8. The van der Waals surface area contributed by atoms with E-state index in [0.29, 0.717) is 18.3 Å². The van der Waals surface area contributed by atoms with Crippen molar-refractivity contribution in [2.75, 3.05) is 59.5 Å². The number of likely N-dealkylation sites (tertiary alicyclic amines) is 1. The Morgan fingerprint density at radius 2 is 1.89 bits per heavy atom. The molecule has 3 aliphatic heterocycles. The second kappa shape index (κ2) is 8.88. The molecule has 2 saturated heterocycles. The van der Waals surface area contributed by atoms with Gasteiger partial charge < -0.3 is 24.4 Å². The highest BCUT2D eigenvalue weighted by Gasteiger charge is 2.34. The van der Waals surface area contributed by atoms with Crippen LogP contribution >= 0.6 is 0 Å². The number of rotatable bonds is 4. The summed E-state index contributed by atoms with van der Waals surface area (Å²) in [6.45, 7) is 7.82. The van der Waals surface area contributed by atoms with Crippen LogP contribution in [-0.4, -0.2) is 99.9 Å². The number of aromatic nitrogens is 3. The number of piperidine rings is 1. The summed E-state index contributed by atoms with van der Waals surface area (Å²) < 4.78 is 2.01. The molecule has 0 aliphatic carbocycles. The van der Waals surface area contributed by atoms with Gasteiger partial charge in [0.25, 0.3) is 5.91 Å². The number of likely N-dealkylation sites (N-methyl/N-ethyl adjacent to an activating group) is 1. The summed E-state index contributed by atoms with van der Waals surface area (Å²) in [7, 11) is 2.19. The zero-order valence-electron chi connectivity index (χ0n) is 17.1. The minimum atomic E-state index is -0.0144. The Labute approximate surface area is 167 Å². The Morgan fingerprint density at radius 3 is 2.75 bits per heavy atom. The van der Waals surface area contributed by atoms with E-state index in [4.69, 9.17) is 0 Å². The van der Waals surface area contributed by atoms with Crippen LogP contribution in [0.4, 0.5) is 0 Å². The normalized spacial score (nSPS) is 27.4. The van der Waals surface area contributed by atoms with Gasteiger partial charge in [0, 0.05) is 52.3 Å². The lowest BCUT2D eigenvalue weighted by molar-refractivity contribution is 0.0438. The maximum atomic E-state index is 13.2. The second-order valence-electron chi connectivity index (χ2n) is 8.87. The summed E-state index contributed by atoms with van der Waals surface area (Å²) >= 11 is 0. The van der Waals surface area contributed by atoms with Crippen LogP contribution in [0, 0.1) is 11.8 Å². The van der Waals surface area contributed by atoms with Gasteiger partial charge in [0.1, 0.15) is 5.82 Å². The monoisotopic (exact) mass is 390 g/mol. The van der Waals surface area contributed by atoms with Crippen LogP contribution in [0.25, 0.3) is 0 Å². The molecule has 0 spiro atoms. The highest BCUT2D eigenvalue weighted by atomic mass is 16.3. The number of aliphatic hydroxyl groups excluding tert-OH is 1. The molecule has 8 heteroatoms. The van der Waals surface area contributed by atoms with Gasteiger partial charge in [-0.15, -0.1) is 10.2 Å². The van der Waals surface area contributed by atoms with E-state index in [1.807, 2.05) is 9.47 Å². The van der Waals surface area contributed by atoms with E-state index in [9.17, 15) is 9.90 Å². The maximum absolute atomic E-state index is 13.2. The van der Waals surface area contributed by atoms with Crippen molar-refractivity contribution >= 4 is 5.91 Å². The van der Waals surface area contributed by atoms with E-state index < -0.39 is 0 Å². The summed E-state index contributed by atoms with van der Waals surface area (Å²) in [6.07, 6.45) is 5.30. The fourth-order valence-electron chi connectivity index (χ4n) is 5.00. The SMILES string of the molecule is CN1CCCN(C[C@@H]2C[C@@H](CO)CN(C(=O)c3nnc4n3CCCC4)C2)CC1. The number of carbonyl (C=O) groups excluding carboxylic acids is 1. The van der Waals surface area contributed by atoms with Gasteiger partial charge in [0.2, 0.25) is 5.82 Å². The third-order valence-electron chi connectivity index (χ3n) is 6.55. The van der Waals surface area contributed by atoms with E-state index in [-0.39, 0.29) is 18.4 Å². The van der Waals surface area contributed by atoms with Crippen LogP contribution in [0.15, 0.2) is 0 Å². The third-order valence-corrected chi connectivity index (χ3v) is 6.55. The molecular weight excluding hydrogens is 356 g/mol. The number of fused-ring (bicyclic) bond motifs is 1. The van der Waals surface area contributed by atoms with E-state index in [1.165, 1.54) is 6.42 Å². The number of nitrogens with zero attached hydrogens (tertiary/aromatic N) is 6. The van der Waals surface area contributed by atoms with E-state index in [0.717, 1.165) is 77.3 Å². The first-order chi connectivity index (χ1) is 13.6. The zero-order chi connectivity index (χ0) is 19.5. The van der Waals surface area contributed by atoms with Crippen molar-refractivity contribution in [1.82, 2.24) is 29.5 Å². The average Bonchev–Trinajstić information content (AvgIpc) is 3.04. The van der Waals surface area contributed by atoms with E-state index >= 15 is 0 Å². The Balaban J connectivity index is 1.43. The highest BCUT2D eigenvalue weighted by Crippen LogP contribution is 2.25. The van der Waals surface area contributed by atoms with Crippen molar-refractivity contribution in [3.8, 4) is 0 Å². The van der Waals surface area contributed by atoms with Gasteiger partial charge in [0.05, 0.1) is 0 Å². The summed E-state index contributed by atoms with van der Waals surface area (Å²) in [5.74, 6) is 1.97. The number of amides is 1. The molecule has 0 unspecified atom stereocenters. The van der Waals surface area contributed by atoms with Crippen molar-refractivity contribution in [1.29, 1.82) is 0 Å². The Kier molecular flexibility index (Phi) is 6.28. The predicted octanol–water partition coefficient (Wildman–Crippen LogP) is 0.323. The molecule has 156 valence electrons. The van der Waals surface area contributed by atoms with Crippen molar-refractivity contribution in [2.24, 2.45) is 11.8 Å². The largest absolute Gasteiger partial charge is 0.396 e. The van der Waals surface area contributed by atoms with Crippen molar-refractivity contribution in [2.45, 2.75) is 38.6 Å². The first-order valence-corrected chi connectivity index (χ1v) is 10.9. The van der Waals surface area contributed by atoms with Gasteiger partial charge in [-0.1, -0.05) is 0 Å². The molecule has 4 heterocycles. The molecule has 4 rings (SSSR count). The Morgan fingerprint density at radius 1 is 1.04 bits per heavy atom. The smallest absolute Gasteiger partial charge is 0.291 e. The van der Waals surface area contributed by atoms with Crippen molar-refractivity contribution < 1.29 is 9.90 Å². The number of carbonyl (C=O) groups is 1. The highest BCUT2D eigenvalue weighted by molar-refractivity contribution is 5.90. The quantitative estimate of drug-likeness (QED) is 0.798. The molecule has 8 nitrogen and oxygen atoms in total. The fraction of sp³-hybridized carbons (Fsp3) is 0.850. The maximum Gasteiger partial charge on any atom is 0.291 e. The Hall–Kier alpha value is -1.51. The van der Waals surface area contributed by atoms with Crippen LogP contribution in [-0.2, 0) is 13.0 Å². The van der Waals surface area contributed by atoms with Crippen LogP contribution in [0.2, 0.25) is 0 Å². The van der Waals surface area contributed by atoms with Crippen molar-refractivity contribution in [3.05, 3.63) is 11.6 Å². The minimum absolute atomic E-state index is 0.0144. The van der Waals surface area contributed by atoms with Gasteiger partial charge >= 0.3 is 0 Å². The standard InChI is InChI=1S/C20H34N6O2/c1-23-6-4-7-24(10-9-23)12-16-11-17(15-27)14-25(13-16)20(28)19-22-21-18-5-2-3-8-26(18)19/h16-17,27H,2-15H2,1H3/t16-,17+/m0/s1. The molecule has 0 saturated carbocycles. The minimum Gasteiger partial charge on any atom is -0.396 e. The molecule has 0 aromatic carbocycles. The van der Waals surface area contributed by atoms with Gasteiger partial charge in [0.15, 0.2) is 0 Å². The molecule has 2 atom stereocenters. The fourth-order valence-corrected chi connectivity index (χ4v) is 5.00. The van der Waals surface area contributed by atoms with Crippen LogP contribution in [0.1, 0.15) is 42.1 Å². The molecule has 3 aliphatic rings. The van der Waals surface area contributed by atoms with Crippen LogP contribution in [0.3, 0.4) is 0 Å². The van der Waals surface area contributed by atoms with Gasteiger partial charge in [-0.05, 0) is 57.7 Å². The van der Waals surface area contributed by atoms with Gasteiger partial charge in [-0.25, -0.2) is 0 Å². The molecule has 0 bridgehead atoms. The molecule has 1 N–H and O–H groups in total. The zero-order valence-corrected chi connectivity index (χ0v) is 17.1. The number of aliphatic hydroxyl groups is 1. The number of hydrogen-bond donors (Lipinski definition) is 1. The van der Waals surface area contributed by atoms with Crippen LogP contribution < -0.4 is 0 Å². The summed E-state index contributed by atoms with van der Waals surface area (Å²) in [5, 5.41) is 18.3. The second-order valence-corrected chi connectivity index (χ2v) is 8.87. The Bertz CT molecular complexity index is 678. The predicted molar refractivity (Wildman–Crippen MR) is 106 cm³/mol.